The molecule has 0 fully saturated rings. The number of benzene rings is 3. The van der Waals surface area contributed by atoms with Crippen LogP contribution in [0.1, 0.15) is 31.8 Å². The first-order chi connectivity index (χ1) is 14.9. The van der Waals surface area contributed by atoms with E-state index in [1.807, 2.05) is 44.2 Å². The molecule has 3 rings (SSSR count). The lowest BCUT2D eigenvalue weighted by atomic mass is 10.1. The quantitative estimate of drug-likeness (QED) is 0.536. The fourth-order valence-electron chi connectivity index (χ4n) is 2.79. The summed E-state index contributed by atoms with van der Waals surface area (Å²) in [5.74, 6) is -0.603. The molecule has 158 valence electrons. The first-order valence-corrected chi connectivity index (χ1v) is 9.68. The summed E-state index contributed by atoms with van der Waals surface area (Å²) in [6.45, 7) is 3.56. The molecule has 0 aliphatic carbocycles. The molecule has 0 heterocycles. The van der Waals surface area contributed by atoms with Gasteiger partial charge in [-0.1, -0.05) is 35.9 Å². The van der Waals surface area contributed by atoms with Gasteiger partial charge < -0.3 is 10.1 Å². The number of carbonyl (C=O) groups is 3. The molecule has 0 spiro atoms. The van der Waals surface area contributed by atoms with E-state index >= 15 is 0 Å². The zero-order valence-electron chi connectivity index (χ0n) is 17.3. The standard InChI is InChI=1S/C24H23N3O4/c1-16-6-5-8-19(14-16)23(29)25-20-12-10-18(11-13-20)24(30)27-26-22(28)15-31-21-9-4-3-7-17(21)2/h3-14H,15H2,1-2H3,(H,25,29)(H,26,28)(H,27,30). The minimum Gasteiger partial charge on any atom is -0.483 e. The Balaban J connectivity index is 1.48. The lowest BCUT2D eigenvalue weighted by Gasteiger charge is -2.11. The summed E-state index contributed by atoms with van der Waals surface area (Å²) in [6.07, 6.45) is 0. The molecule has 0 aliphatic rings. The highest BCUT2D eigenvalue weighted by Crippen LogP contribution is 2.16. The second kappa shape index (κ2) is 10.1. The Hall–Kier alpha value is -4.13. The molecule has 3 aromatic rings. The predicted molar refractivity (Wildman–Crippen MR) is 118 cm³/mol. The third-order valence-electron chi connectivity index (χ3n) is 4.45. The highest BCUT2D eigenvalue weighted by Gasteiger charge is 2.10. The van der Waals surface area contributed by atoms with Crippen LogP contribution in [0.25, 0.3) is 0 Å². The van der Waals surface area contributed by atoms with E-state index in [0.29, 0.717) is 22.6 Å². The molecule has 0 atom stereocenters. The predicted octanol–water partition coefficient (Wildman–Crippen LogP) is 3.40. The Morgan fingerprint density at radius 2 is 1.52 bits per heavy atom. The summed E-state index contributed by atoms with van der Waals surface area (Å²) in [7, 11) is 0. The van der Waals surface area contributed by atoms with Crippen molar-refractivity contribution in [3.63, 3.8) is 0 Å². The number of hydrogen-bond donors (Lipinski definition) is 3. The van der Waals surface area contributed by atoms with Crippen LogP contribution in [-0.4, -0.2) is 24.3 Å². The first kappa shape index (κ1) is 21.6. The summed E-state index contributed by atoms with van der Waals surface area (Å²) < 4.78 is 5.43. The molecule has 0 saturated heterocycles. The van der Waals surface area contributed by atoms with E-state index < -0.39 is 11.8 Å². The van der Waals surface area contributed by atoms with Gasteiger partial charge in [0.25, 0.3) is 17.7 Å². The van der Waals surface area contributed by atoms with E-state index in [4.69, 9.17) is 4.74 Å². The fourth-order valence-corrected chi connectivity index (χ4v) is 2.79. The Kier molecular flexibility index (Phi) is 7.01. The Morgan fingerprint density at radius 3 is 2.23 bits per heavy atom. The van der Waals surface area contributed by atoms with E-state index in [2.05, 4.69) is 16.2 Å². The number of carbonyl (C=O) groups excluding carboxylic acids is 3. The number of amides is 3. The number of anilines is 1. The molecule has 0 unspecified atom stereocenters. The van der Waals surface area contributed by atoms with Gasteiger partial charge in [0.2, 0.25) is 0 Å². The highest BCUT2D eigenvalue weighted by atomic mass is 16.5. The highest BCUT2D eigenvalue weighted by molar-refractivity contribution is 6.04. The van der Waals surface area contributed by atoms with Crippen molar-refractivity contribution >= 4 is 23.4 Å². The summed E-state index contributed by atoms with van der Waals surface area (Å²) >= 11 is 0. The number of hydrazine groups is 1. The van der Waals surface area contributed by atoms with Gasteiger partial charge in [-0.05, 0) is 61.9 Å². The van der Waals surface area contributed by atoms with Gasteiger partial charge >= 0.3 is 0 Å². The minimum atomic E-state index is -0.487. The van der Waals surface area contributed by atoms with Crippen LogP contribution in [0.2, 0.25) is 0 Å². The van der Waals surface area contributed by atoms with E-state index in [1.165, 1.54) is 0 Å². The average molecular weight is 417 g/mol. The molecule has 0 bridgehead atoms. The van der Waals surface area contributed by atoms with Crippen LogP contribution in [0.15, 0.2) is 72.8 Å². The molecule has 31 heavy (non-hydrogen) atoms. The van der Waals surface area contributed by atoms with Gasteiger partial charge in [-0.25, -0.2) is 0 Å². The van der Waals surface area contributed by atoms with Crippen LogP contribution >= 0.6 is 0 Å². The minimum absolute atomic E-state index is 0.227. The second-order valence-electron chi connectivity index (χ2n) is 6.96. The third kappa shape index (κ3) is 6.17. The molecule has 0 aromatic heterocycles. The number of aryl methyl sites for hydroxylation is 2. The van der Waals surface area contributed by atoms with Crippen molar-refractivity contribution in [2.75, 3.05) is 11.9 Å². The monoisotopic (exact) mass is 417 g/mol. The van der Waals surface area contributed by atoms with Gasteiger partial charge in [-0.15, -0.1) is 0 Å². The maximum Gasteiger partial charge on any atom is 0.276 e. The first-order valence-electron chi connectivity index (χ1n) is 9.68. The summed E-state index contributed by atoms with van der Waals surface area (Å²) in [4.78, 5) is 36.4. The number of nitrogens with one attached hydrogen (secondary N) is 3. The third-order valence-corrected chi connectivity index (χ3v) is 4.45. The molecule has 7 nitrogen and oxygen atoms in total. The largest absolute Gasteiger partial charge is 0.483 e. The lowest BCUT2D eigenvalue weighted by Crippen LogP contribution is -2.43. The second-order valence-corrected chi connectivity index (χ2v) is 6.96. The zero-order chi connectivity index (χ0) is 22.2. The maximum atomic E-state index is 12.3. The Labute approximate surface area is 180 Å². The van der Waals surface area contributed by atoms with Crippen molar-refractivity contribution in [3.05, 3.63) is 95.1 Å². The van der Waals surface area contributed by atoms with Crippen molar-refractivity contribution in [2.45, 2.75) is 13.8 Å². The van der Waals surface area contributed by atoms with Crippen molar-refractivity contribution in [3.8, 4) is 5.75 Å². The van der Waals surface area contributed by atoms with Crippen molar-refractivity contribution in [2.24, 2.45) is 0 Å². The molecule has 7 heteroatoms. The average Bonchev–Trinajstić information content (AvgIpc) is 2.77. The number of para-hydroxylation sites is 1. The summed E-state index contributed by atoms with van der Waals surface area (Å²) in [5.41, 5.74) is 7.98. The van der Waals surface area contributed by atoms with Crippen LogP contribution in [0.5, 0.6) is 5.75 Å². The summed E-state index contributed by atoms with van der Waals surface area (Å²) in [5, 5.41) is 2.78. The van der Waals surface area contributed by atoms with E-state index in [9.17, 15) is 14.4 Å². The zero-order valence-corrected chi connectivity index (χ0v) is 17.3. The van der Waals surface area contributed by atoms with Crippen molar-refractivity contribution in [1.29, 1.82) is 0 Å². The van der Waals surface area contributed by atoms with Crippen LogP contribution < -0.4 is 20.9 Å². The van der Waals surface area contributed by atoms with Crippen molar-refractivity contribution in [1.82, 2.24) is 10.9 Å². The number of ether oxygens (including phenoxy) is 1. The summed E-state index contributed by atoms with van der Waals surface area (Å²) in [6, 6.07) is 20.9. The lowest BCUT2D eigenvalue weighted by molar-refractivity contribution is -0.123. The Morgan fingerprint density at radius 1 is 0.774 bits per heavy atom. The van der Waals surface area contributed by atoms with Gasteiger partial charge in [0, 0.05) is 16.8 Å². The maximum absolute atomic E-state index is 12.3. The Bertz CT molecular complexity index is 1090. The van der Waals surface area contributed by atoms with Crippen molar-refractivity contribution < 1.29 is 19.1 Å². The number of rotatable bonds is 6. The van der Waals surface area contributed by atoms with Gasteiger partial charge in [0.05, 0.1) is 0 Å². The molecule has 0 aliphatic heterocycles. The van der Waals surface area contributed by atoms with Gasteiger partial charge in [-0.2, -0.15) is 0 Å². The SMILES string of the molecule is Cc1cccc(C(=O)Nc2ccc(C(=O)NNC(=O)COc3ccccc3C)cc2)c1. The molecule has 3 N–H and O–H groups in total. The van der Waals surface area contributed by atoms with E-state index in [1.54, 1.807) is 42.5 Å². The van der Waals surface area contributed by atoms with Crippen LogP contribution in [0.3, 0.4) is 0 Å². The number of hydrogen-bond acceptors (Lipinski definition) is 4. The normalized spacial score (nSPS) is 10.1. The molecular weight excluding hydrogens is 394 g/mol. The van der Waals surface area contributed by atoms with Gasteiger partial charge in [0.1, 0.15) is 5.75 Å². The smallest absolute Gasteiger partial charge is 0.276 e. The molecule has 0 saturated carbocycles. The molecule has 3 amide bonds. The van der Waals surface area contributed by atoms with Crippen LogP contribution in [-0.2, 0) is 4.79 Å². The topological polar surface area (TPSA) is 96.5 Å². The van der Waals surface area contributed by atoms with Gasteiger partial charge in [0.15, 0.2) is 6.61 Å². The van der Waals surface area contributed by atoms with E-state index in [-0.39, 0.29) is 12.5 Å². The van der Waals surface area contributed by atoms with Crippen LogP contribution in [0, 0.1) is 13.8 Å². The van der Waals surface area contributed by atoms with E-state index in [0.717, 1.165) is 11.1 Å². The van der Waals surface area contributed by atoms with Gasteiger partial charge in [-0.3, -0.25) is 25.2 Å². The molecule has 0 radical (unpaired) electrons. The molecule has 3 aromatic carbocycles. The molecular formula is C24H23N3O4. The fraction of sp³-hybridized carbons (Fsp3) is 0.125. The van der Waals surface area contributed by atoms with Crippen LogP contribution in [0.4, 0.5) is 5.69 Å².